The van der Waals surface area contributed by atoms with Crippen LogP contribution in [0.5, 0.6) is 0 Å². The van der Waals surface area contributed by atoms with Gasteiger partial charge in [0.1, 0.15) is 4.21 Å². The first-order chi connectivity index (χ1) is 11.4. The summed E-state index contributed by atoms with van der Waals surface area (Å²) in [6.07, 6.45) is 1.81. The lowest BCUT2D eigenvalue weighted by molar-refractivity contribution is -0.133. The van der Waals surface area contributed by atoms with Crippen LogP contribution in [0.25, 0.3) is 0 Å². The number of nitrogens with zero attached hydrogens (tertiary/aromatic N) is 1. The average molecular weight is 364 g/mol. The van der Waals surface area contributed by atoms with Crippen molar-refractivity contribution in [1.82, 2.24) is 9.62 Å². The van der Waals surface area contributed by atoms with Crippen LogP contribution in [0, 0.1) is 0 Å². The first-order valence-corrected chi connectivity index (χ1v) is 10.2. The molecule has 128 valence electrons. The number of sulfonamides is 1. The molecule has 0 bridgehead atoms. The van der Waals surface area contributed by atoms with E-state index in [2.05, 4.69) is 10.8 Å². The number of carbonyl (C=O) groups is 1. The lowest BCUT2D eigenvalue weighted by Gasteiger charge is -2.28. The third kappa shape index (κ3) is 3.24. The monoisotopic (exact) mass is 364 g/mol. The second-order valence-electron chi connectivity index (χ2n) is 5.98. The Kier molecular flexibility index (Phi) is 4.76. The largest absolute Gasteiger partial charge is 0.337 e. The lowest BCUT2D eigenvalue weighted by atomic mass is 10.1. The van der Waals surface area contributed by atoms with E-state index in [0.717, 1.165) is 29.7 Å². The fourth-order valence-electron chi connectivity index (χ4n) is 3.15. The van der Waals surface area contributed by atoms with E-state index in [4.69, 9.17) is 0 Å². The van der Waals surface area contributed by atoms with E-state index in [1.807, 2.05) is 18.2 Å². The Hall–Kier alpha value is -1.70. The minimum absolute atomic E-state index is 0.00221. The van der Waals surface area contributed by atoms with Gasteiger partial charge in [-0.15, -0.1) is 11.3 Å². The second-order valence-corrected chi connectivity index (χ2v) is 8.87. The molecule has 1 N–H and O–H groups in total. The van der Waals surface area contributed by atoms with Gasteiger partial charge >= 0.3 is 0 Å². The molecule has 3 rings (SSSR count). The molecule has 2 atom stereocenters. The maximum absolute atomic E-state index is 12.7. The molecule has 0 saturated heterocycles. The Morgan fingerprint density at radius 3 is 2.75 bits per heavy atom. The molecule has 1 aliphatic rings. The molecule has 0 radical (unpaired) electrons. The van der Waals surface area contributed by atoms with Crippen molar-refractivity contribution < 1.29 is 13.2 Å². The zero-order chi connectivity index (χ0) is 17.3. The minimum Gasteiger partial charge on any atom is -0.337 e. The van der Waals surface area contributed by atoms with E-state index in [0.29, 0.717) is 0 Å². The van der Waals surface area contributed by atoms with Crippen molar-refractivity contribution in [2.75, 3.05) is 7.05 Å². The van der Waals surface area contributed by atoms with Crippen molar-refractivity contribution >= 4 is 27.3 Å². The molecule has 1 amide bonds. The third-order valence-electron chi connectivity index (χ3n) is 4.38. The maximum atomic E-state index is 12.7. The Bertz CT molecular complexity index is 831. The number of nitrogens with one attached hydrogen (secondary N) is 1. The molecule has 1 aliphatic carbocycles. The molecule has 0 aliphatic heterocycles. The van der Waals surface area contributed by atoms with Crippen molar-refractivity contribution in [3.63, 3.8) is 0 Å². The predicted molar refractivity (Wildman–Crippen MR) is 94.4 cm³/mol. The summed E-state index contributed by atoms with van der Waals surface area (Å²) in [5, 5.41) is 1.70. The van der Waals surface area contributed by atoms with E-state index in [1.165, 1.54) is 11.6 Å². The molecular weight excluding hydrogens is 344 g/mol. The van der Waals surface area contributed by atoms with Crippen LogP contribution in [0.4, 0.5) is 0 Å². The van der Waals surface area contributed by atoms with Gasteiger partial charge in [0, 0.05) is 7.05 Å². The number of thiophene rings is 1. The Labute approximate surface area is 146 Å². The molecular formula is C17H20N2O3S2. The molecule has 0 fully saturated rings. The zero-order valence-corrected chi connectivity index (χ0v) is 15.2. The van der Waals surface area contributed by atoms with Crippen LogP contribution < -0.4 is 4.72 Å². The molecule has 7 heteroatoms. The predicted octanol–water partition coefficient (Wildman–Crippen LogP) is 2.56. The summed E-state index contributed by atoms with van der Waals surface area (Å²) in [6, 6.07) is 10.5. The quantitative estimate of drug-likeness (QED) is 0.887. The molecule has 1 aromatic carbocycles. The van der Waals surface area contributed by atoms with Crippen molar-refractivity contribution in [2.24, 2.45) is 0 Å². The second kappa shape index (κ2) is 6.66. The molecule has 2 unspecified atom stereocenters. The summed E-state index contributed by atoms with van der Waals surface area (Å²) in [5.74, 6) is -0.225. The van der Waals surface area contributed by atoms with Gasteiger partial charge in [0.05, 0.1) is 12.1 Å². The lowest BCUT2D eigenvalue weighted by Crippen LogP contribution is -2.46. The number of rotatable bonds is 5. The Balaban J connectivity index is 1.72. The van der Waals surface area contributed by atoms with Gasteiger partial charge < -0.3 is 4.90 Å². The third-order valence-corrected chi connectivity index (χ3v) is 7.32. The number of hydrogen-bond donors (Lipinski definition) is 1. The summed E-state index contributed by atoms with van der Waals surface area (Å²) >= 11 is 1.13. The molecule has 1 heterocycles. The number of likely N-dealkylation sites (N-methyl/N-ethyl adjacent to an activating group) is 1. The van der Waals surface area contributed by atoms with Gasteiger partial charge in [0.25, 0.3) is 10.0 Å². The van der Waals surface area contributed by atoms with Gasteiger partial charge in [0.15, 0.2) is 0 Å². The fourth-order valence-corrected chi connectivity index (χ4v) is 5.36. The van der Waals surface area contributed by atoms with E-state index in [9.17, 15) is 13.2 Å². The Morgan fingerprint density at radius 2 is 2.04 bits per heavy atom. The van der Waals surface area contributed by atoms with Crippen molar-refractivity contribution in [1.29, 1.82) is 0 Å². The highest BCUT2D eigenvalue weighted by Crippen LogP contribution is 2.35. The van der Waals surface area contributed by atoms with Crippen LogP contribution in [-0.4, -0.2) is 32.3 Å². The standard InChI is InChI=1S/C17H20N2O3S2/c1-12(18-24(21,22)16-8-5-11-23-16)17(20)19(2)15-10-9-13-6-3-4-7-14(13)15/h3-8,11-12,15,18H,9-10H2,1-2H3. The molecule has 1 aromatic heterocycles. The van der Waals surface area contributed by atoms with Gasteiger partial charge in [-0.25, -0.2) is 8.42 Å². The smallest absolute Gasteiger partial charge is 0.250 e. The number of benzene rings is 1. The Morgan fingerprint density at radius 1 is 1.29 bits per heavy atom. The van der Waals surface area contributed by atoms with Crippen LogP contribution in [0.2, 0.25) is 0 Å². The number of hydrogen-bond acceptors (Lipinski definition) is 4. The molecule has 0 spiro atoms. The number of fused-ring (bicyclic) bond motifs is 1. The maximum Gasteiger partial charge on any atom is 0.250 e. The summed E-state index contributed by atoms with van der Waals surface area (Å²) in [6.45, 7) is 1.59. The minimum atomic E-state index is -3.66. The van der Waals surface area contributed by atoms with Gasteiger partial charge in [-0.3, -0.25) is 4.79 Å². The number of carbonyl (C=O) groups excluding carboxylic acids is 1. The first-order valence-electron chi connectivity index (χ1n) is 7.80. The van der Waals surface area contributed by atoms with E-state index in [1.54, 1.807) is 30.3 Å². The highest BCUT2D eigenvalue weighted by Gasteiger charge is 2.32. The van der Waals surface area contributed by atoms with Crippen molar-refractivity contribution in [2.45, 2.75) is 36.1 Å². The summed E-state index contributed by atoms with van der Waals surface area (Å²) in [4.78, 5) is 14.3. The van der Waals surface area contributed by atoms with Crippen LogP contribution in [0.15, 0.2) is 46.0 Å². The van der Waals surface area contributed by atoms with Crippen LogP contribution in [0.1, 0.15) is 30.5 Å². The summed E-state index contributed by atoms with van der Waals surface area (Å²) in [7, 11) is -1.92. The topological polar surface area (TPSA) is 66.5 Å². The normalized spacial score (nSPS) is 18.2. The SMILES string of the molecule is CC(NS(=O)(=O)c1cccs1)C(=O)N(C)C1CCc2ccccc21. The van der Waals surface area contributed by atoms with Crippen LogP contribution in [-0.2, 0) is 21.2 Å². The fraction of sp³-hybridized carbons (Fsp3) is 0.353. The molecule has 24 heavy (non-hydrogen) atoms. The van der Waals surface area contributed by atoms with E-state index < -0.39 is 16.1 Å². The number of aryl methyl sites for hydroxylation is 1. The van der Waals surface area contributed by atoms with E-state index >= 15 is 0 Å². The van der Waals surface area contributed by atoms with Gasteiger partial charge in [-0.1, -0.05) is 30.3 Å². The average Bonchev–Trinajstić information content (AvgIpc) is 3.22. The van der Waals surface area contributed by atoms with Gasteiger partial charge in [0.2, 0.25) is 5.91 Å². The van der Waals surface area contributed by atoms with Crippen LogP contribution in [0.3, 0.4) is 0 Å². The highest BCUT2D eigenvalue weighted by molar-refractivity contribution is 7.91. The number of amides is 1. The molecule has 2 aromatic rings. The summed E-state index contributed by atoms with van der Waals surface area (Å²) in [5.41, 5.74) is 2.41. The van der Waals surface area contributed by atoms with Crippen LogP contribution >= 0.6 is 11.3 Å². The van der Waals surface area contributed by atoms with E-state index in [-0.39, 0.29) is 16.2 Å². The molecule has 0 saturated carbocycles. The van der Waals surface area contributed by atoms with Crippen molar-refractivity contribution in [3.8, 4) is 0 Å². The van der Waals surface area contributed by atoms with Gasteiger partial charge in [-0.05, 0) is 42.3 Å². The van der Waals surface area contributed by atoms with Gasteiger partial charge in [-0.2, -0.15) is 4.72 Å². The summed E-state index contributed by atoms with van der Waals surface area (Å²) < 4.78 is 27.3. The van der Waals surface area contributed by atoms with Crippen molar-refractivity contribution in [3.05, 3.63) is 52.9 Å². The zero-order valence-electron chi connectivity index (χ0n) is 13.6. The highest BCUT2D eigenvalue weighted by atomic mass is 32.2. The first kappa shape index (κ1) is 17.1. The molecule has 5 nitrogen and oxygen atoms in total.